The van der Waals surface area contributed by atoms with Gasteiger partial charge in [-0.3, -0.25) is 4.79 Å². The van der Waals surface area contributed by atoms with Crippen LogP contribution < -0.4 is 22.3 Å². The predicted octanol–water partition coefficient (Wildman–Crippen LogP) is 1.58. The number of halogens is 1. The summed E-state index contributed by atoms with van der Waals surface area (Å²) in [5, 5.41) is 11.8. The Balaban J connectivity index is 0. The number of nitrogens with two attached hydrogens (primary N) is 1. The van der Waals surface area contributed by atoms with E-state index >= 15 is 0 Å². The summed E-state index contributed by atoms with van der Waals surface area (Å²) in [6.07, 6.45) is 15.4. The summed E-state index contributed by atoms with van der Waals surface area (Å²) < 4.78 is 0. The Labute approximate surface area is 167 Å². The van der Waals surface area contributed by atoms with Crippen molar-refractivity contribution < 1.29 is 32.2 Å². The number of aliphatic hydroxyl groups excluding tert-OH is 1. The Bertz CT molecular complexity index is 298. The van der Waals surface area contributed by atoms with E-state index in [0.717, 1.165) is 12.8 Å². The molecule has 0 aromatic heterocycles. The van der Waals surface area contributed by atoms with Crippen LogP contribution in [0.4, 0.5) is 0 Å². The maximum Gasteiger partial charge on any atom is 0.190 e. The highest BCUT2D eigenvalue weighted by molar-refractivity contribution is 5.82. The van der Waals surface area contributed by atoms with Gasteiger partial charge in [0.2, 0.25) is 0 Å². The van der Waals surface area contributed by atoms with E-state index in [1.54, 1.807) is 0 Å². The number of hydrogen-bond donors (Lipinski definition) is 2. The second-order valence-electron chi connectivity index (χ2n) is 7.69. The van der Waals surface area contributed by atoms with E-state index in [2.05, 4.69) is 6.92 Å². The zero-order valence-corrected chi connectivity index (χ0v) is 18.8. The van der Waals surface area contributed by atoms with Gasteiger partial charge in [-0.1, -0.05) is 91.9 Å². The van der Waals surface area contributed by atoms with Crippen LogP contribution in [0.3, 0.4) is 0 Å². The molecule has 0 aliphatic carbocycles. The van der Waals surface area contributed by atoms with E-state index < -0.39 is 6.23 Å². The fourth-order valence-electron chi connectivity index (χ4n) is 3.08. The monoisotopic (exact) mass is 421 g/mol. The van der Waals surface area contributed by atoms with Crippen LogP contribution in [0.25, 0.3) is 0 Å². The molecule has 0 bridgehead atoms. The summed E-state index contributed by atoms with van der Waals surface area (Å²) in [7, 11) is 0. The molecule has 0 saturated heterocycles. The van der Waals surface area contributed by atoms with Gasteiger partial charge in [0.1, 0.15) is 6.04 Å². The highest BCUT2D eigenvalue weighted by atomic mass is 79.9. The molecule has 0 amide bonds. The van der Waals surface area contributed by atoms with Crippen molar-refractivity contribution in [1.82, 2.24) is 0 Å². The highest BCUT2D eigenvalue weighted by Gasteiger charge is 2.24. The Hall–Kier alpha value is 0.0700. The van der Waals surface area contributed by atoms with Crippen molar-refractivity contribution in [2.24, 2.45) is 5.92 Å². The first-order valence-electron chi connectivity index (χ1n) is 10.6. The van der Waals surface area contributed by atoms with Crippen molar-refractivity contribution in [2.45, 2.75) is 123 Å². The van der Waals surface area contributed by atoms with Crippen LogP contribution in [-0.2, 0) is 4.79 Å². The summed E-state index contributed by atoms with van der Waals surface area (Å²) in [4.78, 5) is 12.3. The predicted molar refractivity (Wildman–Crippen MR) is 103 cm³/mol. The fourth-order valence-corrected chi connectivity index (χ4v) is 3.08. The van der Waals surface area contributed by atoms with Crippen LogP contribution in [0.2, 0.25) is 0 Å². The average Bonchev–Trinajstić information content (AvgIpc) is 2.56. The minimum absolute atomic E-state index is 0. The molecule has 0 aromatic carbocycles. The minimum Gasteiger partial charge on any atom is -1.00 e. The van der Waals surface area contributed by atoms with Gasteiger partial charge in [-0.25, -0.2) is 0 Å². The van der Waals surface area contributed by atoms with E-state index in [-0.39, 0.29) is 28.9 Å². The first-order valence-corrected chi connectivity index (χ1v) is 10.6. The van der Waals surface area contributed by atoms with Gasteiger partial charge in [-0.15, -0.1) is 0 Å². The molecule has 0 radical (unpaired) electrons. The van der Waals surface area contributed by atoms with Gasteiger partial charge in [0.15, 0.2) is 12.0 Å². The maximum atomic E-state index is 12.3. The molecule has 25 heavy (non-hydrogen) atoms. The minimum atomic E-state index is -0.462. The summed E-state index contributed by atoms with van der Waals surface area (Å²) in [5.74, 6) is 0.502. The molecule has 0 saturated carbocycles. The SMILES string of the molecule is CCCCCCCCCCCCCC(=O)C(CC)[NH2+]C(O)C(C)C.[Br-]. The number of unbranched alkanes of at least 4 members (excludes halogenated alkanes) is 10. The van der Waals surface area contributed by atoms with Crippen LogP contribution in [0, 0.1) is 5.92 Å². The molecule has 0 rings (SSSR count). The van der Waals surface area contributed by atoms with E-state index in [9.17, 15) is 9.90 Å². The van der Waals surface area contributed by atoms with Crippen molar-refractivity contribution in [3.63, 3.8) is 0 Å². The van der Waals surface area contributed by atoms with E-state index in [4.69, 9.17) is 0 Å². The van der Waals surface area contributed by atoms with Crippen LogP contribution in [0.1, 0.15) is 111 Å². The Morgan fingerprint density at radius 3 is 1.68 bits per heavy atom. The van der Waals surface area contributed by atoms with Crippen molar-refractivity contribution in [1.29, 1.82) is 0 Å². The van der Waals surface area contributed by atoms with Crippen LogP contribution >= 0.6 is 0 Å². The van der Waals surface area contributed by atoms with E-state index in [0.29, 0.717) is 12.2 Å². The average molecular weight is 422 g/mol. The number of carbonyl (C=O) groups excluding carboxylic acids is 1. The first-order chi connectivity index (χ1) is 11.5. The van der Waals surface area contributed by atoms with Crippen LogP contribution in [0.15, 0.2) is 0 Å². The summed E-state index contributed by atoms with van der Waals surface area (Å²) in [6, 6.07) is -0.0643. The third-order valence-corrected chi connectivity index (χ3v) is 4.99. The van der Waals surface area contributed by atoms with Crippen molar-refractivity contribution in [2.75, 3.05) is 0 Å². The highest BCUT2D eigenvalue weighted by Crippen LogP contribution is 2.12. The molecular formula is C21H44BrNO2. The van der Waals surface area contributed by atoms with Gasteiger partial charge < -0.3 is 27.4 Å². The number of carbonyl (C=O) groups is 1. The molecule has 0 aliphatic heterocycles. The Morgan fingerprint density at radius 1 is 0.840 bits per heavy atom. The Kier molecular flexibility index (Phi) is 20.6. The standard InChI is InChI=1S/C21H43NO2.BrH/c1-5-7-8-9-10-11-12-13-14-15-16-17-20(23)19(6-2)22-21(24)18(3)4;/h18-19,21-22,24H,5-17H2,1-4H3;1H. The quantitative estimate of drug-likeness (QED) is 0.276. The van der Waals surface area contributed by atoms with Gasteiger partial charge in [0.25, 0.3) is 0 Å². The largest absolute Gasteiger partial charge is 1.00 e. The number of aliphatic hydroxyl groups is 1. The lowest BCUT2D eigenvalue weighted by Crippen LogP contribution is -3.00. The van der Waals surface area contributed by atoms with Crippen LogP contribution in [0.5, 0.6) is 0 Å². The molecule has 2 atom stereocenters. The van der Waals surface area contributed by atoms with Gasteiger partial charge in [-0.05, 0) is 6.42 Å². The third-order valence-electron chi connectivity index (χ3n) is 4.99. The lowest BCUT2D eigenvalue weighted by molar-refractivity contribution is -0.748. The van der Waals surface area contributed by atoms with Crippen molar-refractivity contribution in [3.8, 4) is 0 Å². The lowest BCUT2D eigenvalue weighted by atomic mass is 10.0. The number of rotatable bonds is 17. The first kappa shape index (κ1) is 27.3. The maximum absolute atomic E-state index is 12.3. The van der Waals surface area contributed by atoms with Gasteiger partial charge >= 0.3 is 0 Å². The molecule has 2 unspecified atom stereocenters. The fraction of sp³-hybridized carbons (Fsp3) is 0.952. The molecule has 3 nitrogen and oxygen atoms in total. The normalized spacial score (nSPS) is 13.5. The van der Waals surface area contributed by atoms with Crippen molar-refractivity contribution >= 4 is 5.78 Å². The smallest absolute Gasteiger partial charge is 0.190 e. The zero-order valence-electron chi connectivity index (χ0n) is 17.2. The topological polar surface area (TPSA) is 53.9 Å². The zero-order chi connectivity index (χ0) is 18.2. The number of quaternary nitrogens is 1. The summed E-state index contributed by atoms with van der Waals surface area (Å²) in [6.45, 7) is 8.27. The summed E-state index contributed by atoms with van der Waals surface area (Å²) in [5.41, 5.74) is 0. The number of ketones is 1. The summed E-state index contributed by atoms with van der Waals surface area (Å²) >= 11 is 0. The number of hydrogen-bond acceptors (Lipinski definition) is 2. The molecule has 0 fully saturated rings. The third kappa shape index (κ3) is 16.0. The Morgan fingerprint density at radius 2 is 1.28 bits per heavy atom. The molecule has 0 spiro atoms. The molecule has 0 heterocycles. The molecular weight excluding hydrogens is 378 g/mol. The van der Waals surface area contributed by atoms with Crippen molar-refractivity contribution in [3.05, 3.63) is 0 Å². The van der Waals surface area contributed by atoms with Gasteiger partial charge in [0.05, 0.1) is 0 Å². The second-order valence-corrected chi connectivity index (χ2v) is 7.69. The van der Waals surface area contributed by atoms with E-state index in [1.165, 1.54) is 64.2 Å². The van der Waals surface area contributed by atoms with E-state index in [1.807, 2.05) is 26.1 Å². The molecule has 152 valence electrons. The number of Topliss-reactive ketones (excluding diaryl/α,β-unsaturated/α-hetero) is 1. The molecule has 3 N–H and O–H groups in total. The second kappa shape index (κ2) is 18.8. The van der Waals surface area contributed by atoms with Gasteiger partial charge in [-0.2, -0.15) is 0 Å². The molecule has 0 aromatic rings. The lowest BCUT2D eigenvalue weighted by Gasteiger charge is -2.19. The van der Waals surface area contributed by atoms with Crippen LogP contribution in [-0.4, -0.2) is 23.2 Å². The molecule has 4 heteroatoms. The van der Waals surface area contributed by atoms with Gasteiger partial charge in [0, 0.05) is 18.8 Å². The molecule has 0 aliphatic rings.